The van der Waals surface area contributed by atoms with E-state index in [-0.39, 0.29) is 11.3 Å². The Labute approximate surface area is 133 Å². The quantitative estimate of drug-likeness (QED) is 0.618. The van der Waals surface area contributed by atoms with Crippen molar-refractivity contribution < 1.29 is 4.79 Å². The molecule has 0 aromatic heterocycles. The van der Waals surface area contributed by atoms with Crippen LogP contribution in [0.4, 0.5) is 0 Å². The number of hydrogen-bond donors (Lipinski definition) is 0. The first kappa shape index (κ1) is 16.2. The molecule has 1 amide bonds. The van der Waals surface area contributed by atoms with Crippen molar-refractivity contribution in [1.82, 2.24) is 4.90 Å². The standard InChI is InChI=1S/C17H23NOSSi/c1-21(2,3)14-8-7-13-18-16(19)11-12-17(18)20-15-9-5-4-6-10-15/h4-6,9-10,17H,7,11-13H2,1-3H3. The fourth-order valence-electron chi connectivity index (χ4n) is 2.26. The minimum atomic E-state index is -1.30. The van der Waals surface area contributed by atoms with E-state index in [0.717, 1.165) is 19.4 Å². The van der Waals surface area contributed by atoms with Gasteiger partial charge in [-0.1, -0.05) is 37.8 Å². The average molecular weight is 318 g/mol. The average Bonchev–Trinajstić information content (AvgIpc) is 2.76. The van der Waals surface area contributed by atoms with Gasteiger partial charge in [-0.15, -0.1) is 23.2 Å². The van der Waals surface area contributed by atoms with Gasteiger partial charge in [-0.25, -0.2) is 0 Å². The molecule has 1 aromatic rings. The van der Waals surface area contributed by atoms with Gasteiger partial charge in [0.2, 0.25) is 5.91 Å². The maximum Gasteiger partial charge on any atom is 0.223 e. The normalized spacial score (nSPS) is 18.5. The molecule has 0 radical (unpaired) electrons. The van der Waals surface area contributed by atoms with E-state index in [1.54, 1.807) is 11.8 Å². The zero-order valence-corrected chi connectivity index (χ0v) is 14.9. The monoisotopic (exact) mass is 317 g/mol. The van der Waals surface area contributed by atoms with E-state index in [9.17, 15) is 4.79 Å². The van der Waals surface area contributed by atoms with Crippen LogP contribution in [0.2, 0.25) is 19.6 Å². The molecule has 21 heavy (non-hydrogen) atoms. The van der Waals surface area contributed by atoms with Gasteiger partial charge in [0.05, 0.1) is 5.37 Å². The number of amides is 1. The molecule has 0 bridgehead atoms. The molecule has 1 aliphatic rings. The summed E-state index contributed by atoms with van der Waals surface area (Å²) in [7, 11) is -1.30. The fourth-order valence-corrected chi connectivity index (χ4v) is 4.13. The molecule has 0 N–H and O–H groups in total. The number of benzene rings is 1. The topological polar surface area (TPSA) is 20.3 Å². The molecule has 1 aromatic carbocycles. The smallest absolute Gasteiger partial charge is 0.223 e. The molecule has 1 aliphatic heterocycles. The van der Waals surface area contributed by atoms with Gasteiger partial charge in [-0.2, -0.15) is 0 Å². The Morgan fingerprint density at radius 2 is 2.00 bits per heavy atom. The highest BCUT2D eigenvalue weighted by molar-refractivity contribution is 8.00. The molecule has 1 heterocycles. The number of carbonyl (C=O) groups is 1. The number of rotatable bonds is 4. The van der Waals surface area contributed by atoms with Gasteiger partial charge in [-0.05, 0) is 18.6 Å². The molecule has 2 nitrogen and oxygen atoms in total. The molecule has 1 saturated heterocycles. The van der Waals surface area contributed by atoms with Gasteiger partial charge >= 0.3 is 0 Å². The van der Waals surface area contributed by atoms with Crippen LogP contribution in [0.3, 0.4) is 0 Å². The number of likely N-dealkylation sites (tertiary alicyclic amines) is 1. The van der Waals surface area contributed by atoms with Crippen molar-refractivity contribution in [2.24, 2.45) is 0 Å². The van der Waals surface area contributed by atoms with Crippen LogP contribution in [0.5, 0.6) is 0 Å². The third-order valence-electron chi connectivity index (χ3n) is 3.23. The molecule has 2 rings (SSSR count). The minimum absolute atomic E-state index is 0.272. The van der Waals surface area contributed by atoms with Crippen LogP contribution >= 0.6 is 11.8 Å². The Bertz CT molecular complexity index is 541. The van der Waals surface area contributed by atoms with Crippen LogP contribution in [0, 0.1) is 11.5 Å². The molecule has 1 atom stereocenters. The predicted molar refractivity (Wildman–Crippen MR) is 92.8 cm³/mol. The third-order valence-corrected chi connectivity index (χ3v) is 5.46. The predicted octanol–water partition coefficient (Wildman–Crippen LogP) is 4.00. The summed E-state index contributed by atoms with van der Waals surface area (Å²) in [5.41, 5.74) is 3.37. The summed E-state index contributed by atoms with van der Waals surface area (Å²) >= 11 is 1.79. The summed E-state index contributed by atoms with van der Waals surface area (Å²) in [6, 6.07) is 10.3. The highest BCUT2D eigenvalue weighted by atomic mass is 32.2. The summed E-state index contributed by atoms with van der Waals surface area (Å²) in [6.45, 7) is 7.50. The Kier molecular flexibility index (Phi) is 5.55. The molecule has 1 unspecified atom stereocenters. The second kappa shape index (κ2) is 7.19. The number of carbonyl (C=O) groups excluding carboxylic acids is 1. The lowest BCUT2D eigenvalue weighted by Crippen LogP contribution is -2.31. The lowest BCUT2D eigenvalue weighted by Gasteiger charge is -2.23. The van der Waals surface area contributed by atoms with E-state index in [4.69, 9.17) is 0 Å². The number of thioether (sulfide) groups is 1. The van der Waals surface area contributed by atoms with E-state index in [2.05, 4.69) is 43.2 Å². The molecule has 0 spiro atoms. The lowest BCUT2D eigenvalue weighted by atomic mass is 10.4. The van der Waals surface area contributed by atoms with Crippen LogP contribution < -0.4 is 0 Å². The molecule has 4 heteroatoms. The Balaban J connectivity index is 1.92. The molecular formula is C17H23NOSSi. The first-order valence-electron chi connectivity index (χ1n) is 7.47. The van der Waals surface area contributed by atoms with Gasteiger partial charge in [-0.3, -0.25) is 4.79 Å². The SMILES string of the molecule is C[Si](C)(C)C#CCCN1C(=O)CCC1Sc1ccccc1. The number of nitrogens with zero attached hydrogens (tertiary/aromatic N) is 1. The minimum Gasteiger partial charge on any atom is -0.329 e. The van der Waals surface area contributed by atoms with E-state index < -0.39 is 8.07 Å². The van der Waals surface area contributed by atoms with Crippen LogP contribution in [0.1, 0.15) is 19.3 Å². The van der Waals surface area contributed by atoms with Crippen molar-refractivity contribution in [1.29, 1.82) is 0 Å². The van der Waals surface area contributed by atoms with Crippen molar-refractivity contribution in [2.45, 2.75) is 49.2 Å². The zero-order chi connectivity index (χ0) is 15.3. The molecule has 112 valence electrons. The highest BCUT2D eigenvalue weighted by Gasteiger charge is 2.30. The lowest BCUT2D eigenvalue weighted by molar-refractivity contribution is -0.127. The number of hydrogen-bond acceptors (Lipinski definition) is 2. The van der Waals surface area contributed by atoms with Gasteiger partial charge in [0.1, 0.15) is 8.07 Å². The third kappa shape index (κ3) is 5.26. The van der Waals surface area contributed by atoms with E-state index >= 15 is 0 Å². The summed E-state index contributed by atoms with van der Waals surface area (Å²) in [4.78, 5) is 15.3. The second-order valence-electron chi connectivity index (χ2n) is 6.31. The maximum absolute atomic E-state index is 12.0. The van der Waals surface area contributed by atoms with Crippen molar-refractivity contribution >= 4 is 25.7 Å². The van der Waals surface area contributed by atoms with E-state index in [1.807, 2.05) is 23.1 Å². The van der Waals surface area contributed by atoms with Crippen molar-refractivity contribution in [3.05, 3.63) is 30.3 Å². The van der Waals surface area contributed by atoms with Gasteiger partial charge in [0.25, 0.3) is 0 Å². The van der Waals surface area contributed by atoms with Gasteiger partial charge in [0, 0.05) is 24.3 Å². The first-order valence-corrected chi connectivity index (χ1v) is 11.8. The highest BCUT2D eigenvalue weighted by Crippen LogP contribution is 2.33. The van der Waals surface area contributed by atoms with Crippen molar-refractivity contribution in [3.63, 3.8) is 0 Å². The molecular weight excluding hydrogens is 294 g/mol. The largest absolute Gasteiger partial charge is 0.329 e. The second-order valence-corrected chi connectivity index (χ2v) is 12.3. The maximum atomic E-state index is 12.0. The Morgan fingerprint density at radius 3 is 2.67 bits per heavy atom. The first-order chi connectivity index (χ1) is 9.96. The molecule has 1 fully saturated rings. The Morgan fingerprint density at radius 1 is 1.29 bits per heavy atom. The van der Waals surface area contributed by atoms with E-state index in [0.29, 0.717) is 6.42 Å². The summed E-state index contributed by atoms with van der Waals surface area (Å²) in [5, 5.41) is 0.272. The molecule has 0 aliphatic carbocycles. The summed E-state index contributed by atoms with van der Waals surface area (Å²) < 4.78 is 0. The Hall–Kier alpha value is -1.18. The van der Waals surface area contributed by atoms with E-state index in [1.165, 1.54) is 4.90 Å². The van der Waals surface area contributed by atoms with Crippen LogP contribution in [0.15, 0.2) is 35.2 Å². The summed E-state index contributed by atoms with van der Waals surface area (Å²) in [5.74, 6) is 3.54. The van der Waals surface area contributed by atoms with Crippen LogP contribution in [-0.4, -0.2) is 30.8 Å². The van der Waals surface area contributed by atoms with Crippen molar-refractivity contribution in [2.75, 3.05) is 6.54 Å². The van der Waals surface area contributed by atoms with Crippen LogP contribution in [-0.2, 0) is 4.79 Å². The fraction of sp³-hybridized carbons (Fsp3) is 0.471. The molecule has 0 saturated carbocycles. The van der Waals surface area contributed by atoms with Crippen LogP contribution in [0.25, 0.3) is 0 Å². The van der Waals surface area contributed by atoms with Gasteiger partial charge < -0.3 is 4.90 Å². The van der Waals surface area contributed by atoms with Crippen molar-refractivity contribution in [3.8, 4) is 11.5 Å². The summed E-state index contributed by atoms with van der Waals surface area (Å²) in [6.07, 6.45) is 2.41. The van der Waals surface area contributed by atoms with Gasteiger partial charge in [0.15, 0.2) is 0 Å². The zero-order valence-electron chi connectivity index (χ0n) is 13.1.